The van der Waals surface area contributed by atoms with E-state index < -0.39 is 36.7 Å². The number of nitrogens with two attached hydrogens (primary N) is 1. The lowest BCUT2D eigenvalue weighted by Gasteiger charge is -2.38. The van der Waals surface area contributed by atoms with Crippen LogP contribution in [0.5, 0.6) is 5.75 Å². The summed E-state index contributed by atoms with van der Waals surface area (Å²) in [5, 5.41) is 39.4. The van der Waals surface area contributed by atoms with E-state index >= 15 is 0 Å². The number of benzene rings is 1. The number of ether oxygens (including phenoxy) is 2. The highest BCUT2D eigenvalue weighted by Gasteiger charge is 2.48. The van der Waals surface area contributed by atoms with Crippen LogP contribution in [-0.2, 0) is 16.0 Å². The molecule has 2 heterocycles. The number of rotatable bonds is 5. The summed E-state index contributed by atoms with van der Waals surface area (Å²) in [5.41, 5.74) is 7.45. The molecule has 25 heavy (non-hydrogen) atoms. The highest BCUT2D eigenvalue weighted by Crippen LogP contribution is 2.28. The zero-order valence-electron chi connectivity index (χ0n) is 13.2. The standard InChI is InChI=1S/C16H20N2O7/c17-4-3-7-6-18-10-2-1-8(5-9(7)10)24-16-13(21)11(19)12(20)14(25-16)15(22)23/h1-2,5-6,11-14,16,18-21H,3-4,17H2,(H,22,23)/t11-,12-,13+,14+,16+/m1/s1. The molecule has 9 nitrogen and oxygen atoms in total. The smallest absolute Gasteiger partial charge is 0.335 e. The van der Waals surface area contributed by atoms with E-state index in [1.807, 2.05) is 6.20 Å². The molecular formula is C16H20N2O7. The van der Waals surface area contributed by atoms with Gasteiger partial charge in [-0.3, -0.25) is 0 Å². The Kier molecular flexibility index (Phi) is 4.93. The van der Waals surface area contributed by atoms with Gasteiger partial charge in [-0.05, 0) is 36.7 Å². The zero-order chi connectivity index (χ0) is 18.1. The lowest BCUT2D eigenvalue weighted by molar-refractivity contribution is -0.271. The third-order valence-corrected chi connectivity index (χ3v) is 4.22. The van der Waals surface area contributed by atoms with Crippen molar-refractivity contribution < 1.29 is 34.7 Å². The summed E-state index contributed by atoms with van der Waals surface area (Å²) in [6, 6.07) is 5.09. The van der Waals surface area contributed by atoms with Gasteiger partial charge < -0.3 is 40.6 Å². The molecule has 0 radical (unpaired) electrons. The molecule has 7 N–H and O–H groups in total. The number of aromatic amines is 1. The lowest BCUT2D eigenvalue weighted by Crippen LogP contribution is -2.61. The molecule has 1 saturated heterocycles. The zero-order valence-corrected chi connectivity index (χ0v) is 13.2. The fourth-order valence-electron chi connectivity index (χ4n) is 2.88. The number of carbonyl (C=O) groups is 1. The minimum Gasteiger partial charge on any atom is -0.479 e. The summed E-state index contributed by atoms with van der Waals surface area (Å²) in [6.07, 6.45) is -5.69. The van der Waals surface area contributed by atoms with E-state index in [9.17, 15) is 20.1 Å². The van der Waals surface area contributed by atoms with Crippen LogP contribution in [0.1, 0.15) is 5.56 Å². The van der Waals surface area contributed by atoms with Crippen LogP contribution in [0.15, 0.2) is 24.4 Å². The van der Waals surface area contributed by atoms with E-state index in [1.165, 1.54) is 0 Å². The molecule has 1 aromatic heterocycles. The van der Waals surface area contributed by atoms with Gasteiger partial charge in [-0.2, -0.15) is 0 Å². The number of aliphatic hydroxyl groups excluding tert-OH is 3. The van der Waals surface area contributed by atoms with Gasteiger partial charge in [0.15, 0.2) is 6.10 Å². The Morgan fingerprint density at radius 1 is 1.24 bits per heavy atom. The topological polar surface area (TPSA) is 158 Å². The second-order valence-corrected chi connectivity index (χ2v) is 5.91. The molecular weight excluding hydrogens is 332 g/mol. The van der Waals surface area contributed by atoms with E-state index in [4.69, 9.17) is 20.3 Å². The average molecular weight is 352 g/mol. The normalized spacial score (nSPS) is 29.7. The first-order valence-electron chi connectivity index (χ1n) is 7.81. The molecule has 1 aromatic carbocycles. The van der Waals surface area contributed by atoms with Crippen LogP contribution in [0.25, 0.3) is 10.9 Å². The molecule has 1 aliphatic heterocycles. The predicted molar refractivity (Wildman–Crippen MR) is 86.0 cm³/mol. The summed E-state index contributed by atoms with van der Waals surface area (Å²) >= 11 is 0. The maximum absolute atomic E-state index is 11.1. The van der Waals surface area contributed by atoms with Gasteiger partial charge in [-0.1, -0.05) is 0 Å². The van der Waals surface area contributed by atoms with Gasteiger partial charge in [-0.15, -0.1) is 0 Å². The summed E-state index contributed by atoms with van der Waals surface area (Å²) in [7, 11) is 0. The summed E-state index contributed by atoms with van der Waals surface area (Å²) in [4.78, 5) is 14.2. The second-order valence-electron chi connectivity index (χ2n) is 5.91. The van der Waals surface area contributed by atoms with Crippen LogP contribution < -0.4 is 10.5 Å². The molecule has 3 rings (SSSR count). The van der Waals surface area contributed by atoms with Crippen molar-refractivity contribution in [3.05, 3.63) is 30.0 Å². The number of H-pyrrole nitrogens is 1. The Balaban J connectivity index is 1.84. The van der Waals surface area contributed by atoms with Crippen LogP contribution in [-0.4, -0.2) is 68.6 Å². The van der Waals surface area contributed by atoms with Gasteiger partial charge in [0.2, 0.25) is 6.29 Å². The van der Waals surface area contributed by atoms with Crippen molar-refractivity contribution in [3.63, 3.8) is 0 Å². The number of carboxylic acid groups (broad SMARTS) is 1. The van der Waals surface area contributed by atoms with Crippen molar-refractivity contribution in [1.82, 2.24) is 4.98 Å². The SMILES string of the molecule is NCCc1c[nH]c2ccc(O[C@H]3O[C@H](C(=O)O)[C@H](O)[C@@H](O)[C@@H]3O)cc12. The van der Waals surface area contributed by atoms with Gasteiger partial charge in [0.1, 0.15) is 24.1 Å². The first kappa shape index (κ1) is 17.6. The fraction of sp³-hybridized carbons (Fsp3) is 0.438. The molecule has 5 atom stereocenters. The number of aliphatic hydroxyl groups is 3. The Labute approximate surface area is 142 Å². The summed E-state index contributed by atoms with van der Waals surface area (Å²) in [5.74, 6) is -1.14. The van der Waals surface area contributed by atoms with Crippen molar-refractivity contribution in [2.75, 3.05) is 6.54 Å². The Morgan fingerprint density at radius 3 is 2.68 bits per heavy atom. The highest BCUT2D eigenvalue weighted by atomic mass is 16.7. The predicted octanol–water partition coefficient (Wildman–Crippen LogP) is -1.06. The number of aliphatic carboxylic acids is 1. The molecule has 2 aromatic rings. The fourth-order valence-corrected chi connectivity index (χ4v) is 2.88. The van der Waals surface area contributed by atoms with Gasteiger partial charge in [0, 0.05) is 17.1 Å². The van der Waals surface area contributed by atoms with Gasteiger partial charge >= 0.3 is 5.97 Å². The van der Waals surface area contributed by atoms with Gasteiger partial charge in [0.25, 0.3) is 0 Å². The molecule has 0 aliphatic carbocycles. The van der Waals surface area contributed by atoms with Crippen LogP contribution in [0.4, 0.5) is 0 Å². The van der Waals surface area contributed by atoms with Crippen molar-refractivity contribution in [1.29, 1.82) is 0 Å². The molecule has 1 fully saturated rings. The lowest BCUT2D eigenvalue weighted by atomic mass is 9.99. The van der Waals surface area contributed by atoms with Crippen molar-refractivity contribution in [2.45, 2.75) is 37.1 Å². The number of nitrogens with one attached hydrogen (secondary N) is 1. The van der Waals surface area contributed by atoms with Crippen LogP contribution in [0, 0.1) is 0 Å². The average Bonchev–Trinajstić information content (AvgIpc) is 2.98. The molecule has 0 spiro atoms. The third kappa shape index (κ3) is 3.32. The van der Waals surface area contributed by atoms with E-state index in [1.54, 1.807) is 18.2 Å². The number of hydrogen-bond acceptors (Lipinski definition) is 7. The Bertz CT molecular complexity index is 762. The first-order valence-corrected chi connectivity index (χ1v) is 7.81. The molecule has 0 saturated carbocycles. The summed E-state index contributed by atoms with van der Waals surface area (Å²) in [6.45, 7) is 0.479. The van der Waals surface area contributed by atoms with Crippen molar-refractivity contribution in [2.24, 2.45) is 5.73 Å². The molecule has 0 unspecified atom stereocenters. The first-order chi connectivity index (χ1) is 11.9. The number of hydrogen-bond donors (Lipinski definition) is 6. The quantitative estimate of drug-likeness (QED) is 0.397. The van der Waals surface area contributed by atoms with Crippen LogP contribution >= 0.6 is 0 Å². The van der Waals surface area contributed by atoms with E-state index in [0.29, 0.717) is 18.7 Å². The minimum absolute atomic E-state index is 0.321. The van der Waals surface area contributed by atoms with E-state index in [-0.39, 0.29) is 0 Å². The Hall–Kier alpha value is -2.17. The third-order valence-electron chi connectivity index (χ3n) is 4.22. The monoisotopic (exact) mass is 352 g/mol. The number of aromatic nitrogens is 1. The van der Waals surface area contributed by atoms with E-state index in [0.717, 1.165) is 16.5 Å². The van der Waals surface area contributed by atoms with Gasteiger partial charge in [-0.25, -0.2) is 4.79 Å². The number of fused-ring (bicyclic) bond motifs is 1. The van der Waals surface area contributed by atoms with Crippen LogP contribution in [0.3, 0.4) is 0 Å². The van der Waals surface area contributed by atoms with Crippen molar-refractivity contribution >= 4 is 16.9 Å². The molecule has 9 heteroatoms. The maximum atomic E-state index is 11.1. The maximum Gasteiger partial charge on any atom is 0.335 e. The molecule has 136 valence electrons. The largest absolute Gasteiger partial charge is 0.479 e. The van der Waals surface area contributed by atoms with E-state index in [2.05, 4.69) is 4.98 Å². The summed E-state index contributed by atoms with van der Waals surface area (Å²) < 4.78 is 10.6. The molecule has 0 amide bonds. The van der Waals surface area contributed by atoms with Gasteiger partial charge in [0.05, 0.1) is 0 Å². The minimum atomic E-state index is -1.75. The van der Waals surface area contributed by atoms with Crippen LogP contribution in [0.2, 0.25) is 0 Å². The number of carboxylic acids is 1. The molecule has 0 bridgehead atoms. The molecule has 1 aliphatic rings. The Morgan fingerprint density at radius 2 is 2.00 bits per heavy atom. The van der Waals surface area contributed by atoms with Crippen molar-refractivity contribution in [3.8, 4) is 5.75 Å². The second kappa shape index (κ2) is 6.98. The highest BCUT2D eigenvalue weighted by molar-refractivity contribution is 5.84.